The molecule has 10 heteroatoms. The average Bonchev–Trinajstić information content (AvgIpc) is 2.62. The summed E-state index contributed by atoms with van der Waals surface area (Å²) in [6.07, 6.45) is 0.942. The predicted octanol–water partition coefficient (Wildman–Crippen LogP) is 0.304. The number of carboxylic acids is 1. The van der Waals surface area contributed by atoms with Crippen LogP contribution < -0.4 is 16.1 Å². The minimum absolute atomic E-state index is 0.179. The van der Waals surface area contributed by atoms with Gasteiger partial charge in [-0.2, -0.15) is 0 Å². The number of nitrogens with zero attached hydrogens (tertiary/aromatic N) is 3. The Morgan fingerprint density at radius 2 is 1.85 bits per heavy atom. The molecular formula is C17H20F2N4O4. The monoisotopic (exact) mass is 382 g/mol. The number of likely N-dealkylation sites (N-methyl/N-ethyl adjacent to an activating group) is 1. The molecule has 3 rings (SSSR count). The Kier molecular flexibility index (Phi) is 5.03. The smallest absolute Gasteiger partial charge is 0.341 e. The molecule has 2 aromatic rings. The van der Waals surface area contributed by atoms with Crippen LogP contribution in [0.1, 0.15) is 10.4 Å². The van der Waals surface area contributed by atoms with Crippen LogP contribution in [0.2, 0.25) is 0 Å². The number of aliphatic hydroxyl groups excluding tert-OH is 1. The maximum atomic E-state index is 15.3. The molecule has 0 bridgehead atoms. The van der Waals surface area contributed by atoms with Gasteiger partial charge >= 0.3 is 5.97 Å². The van der Waals surface area contributed by atoms with Gasteiger partial charge in [0, 0.05) is 38.9 Å². The van der Waals surface area contributed by atoms with Crippen molar-refractivity contribution >= 4 is 28.2 Å². The highest BCUT2D eigenvalue weighted by molar-refractivity contribution is 5.99. The maximum Gasteiger partial charge on any atom is 0.341 e. The molecular weight excluding hydrogens is 362 g/mol. The lowest BCUT2D eigenvalue weighted by molar-refractivity contribution is 0.0694. The third-order valence-corrected chi connectivity index (χ3v) is 4.80. The number of hydrogen-bond acceptors (Lipinski definition) is 6. The Balaban J connectivity index is 2.36. The number of pyridine rings is 1. The third kappa shape index (κ3) is 3.10. The molecule has 0 atom stereocenters. The number of piperazine rings is 1. The van der Waals surface area contributed by atoms with E-state index in [2.05, 4.69) is 0 Å². The number of aromatic nitrogens is 1. The van der Waals surface area contributed by atoms with Crippen molar-refractivity contribution in [2.24, 2.45) is 0 Å². The van der Waals surface area contributed by atoms with Crippen molar-refractivity contribution in [2.75, 3.05) is 50.5 Å². The van der Waals surface area contributed by atoms with Crippen LogP contribution in [0, 0.1) is 11.6 Å². The van der Waals surface area contributed by atoms with Gasteiger partial charge in [0.2, 0.25) is 5.43 Å². The van der Waals surface area contributed by atoms with Gasteiger partial charge < -0.3 is 30.3 Å². The number of benzene rings is 1. The van der Waals surface area contributed by atoms with Gasteiger partial charge in [0.1, 0.15) is 11.3 Å². The van der Waals surface area contributed by atoms with Crippen LogP contribution in [-0.4, -0.2) is 65.5 Å². The Hall–Kier alpha value is -2.72. The molecule has 1 aliphatic heterocycles. The van der Waals surface area contributed by atoms with Gasteiger partial charge in [0.15, 0.2) is 11.6 Å². The van der Waals surface area contributed by atoms with Gasteiger partial charge in [-0.05, 0) is 7.05 Å². The fourth-order valence-electron chi connectivity index (χ4n) is 3.34. The van der Waals surface area contributed by atoms with Crippen molar-refractivity contribution in [3.8, 4) is 0 Å². The Bertz CT molecular complexity index is 968. The number of halogens is 2. The minimum Gasteiger partial charge on any atom is -0.477 e. The number of nitrogens with two attached hydrogens (primary N) is 1. The number of rotatable bonds is 4. The fraction of sp³-hybridized carbons (Fsp3) is 0.412. The van der Waals surface area contributed by atoms with Crippen LogP contribution >= 0.6 is 0 Å². The maximum absolute atomic E-state index is 15.3. The van der Waals surface area contributed by atoms with E-state index in [1.807, 2.05) is 11.9 Å². The van der Waals surface area contributed by atoms with Crippen molar-refractivity contribution in [2.45, 2.75) is 6.54 Å². The molecule has 8 nitrogen and oxygen atoms in total. The van der Waals surface area contributed by atoms with Crippen LogP contribution in [0.4, 0.5) is 20.2 Å². The van der Waals surface area contributed by atoms with E-state index in [1.165, 1.54) is 4.90 Å². The average molecular weight is 382 g/mol. The largest absolute Gasteiger partial charge is 0.477 e. The normalized spacial score (nSPS) is 15.5. The number of anilines is 2. The molecule has 0 spiro atoms. The summed E-state index contributed by atoms with van der Waals surface area (Å²) in [5, 5.41) is 17.9. The first-order valence-corrected chi connectivity index (χ1v) is 8.39. The molecule has 146 valence electrons. The topological polar surface area (TPSA) is 112 Å². The molecule has 1 aliphatic rings. The Labute approximate surface area is 153 Å². The van der Waals surface area contributed by atoms with Crippen LogP contribution in [-0.2, 0) is 6.54 Å². The number of carbonyl (C=O) groups is 1. The molecule has 0 amide bonds. The molecule has 1 fully saturated rings. The number of fused-ring (bicyclic) bond motifs is 1. The highest BCUT2D eigenvalue weighted by Gasteiger charge is 2.29. The lowest BCUT2D eigenvalue weighted by atomic mass is 10.1. The van der Waals surface area contributed by atoms with Gasteiger partial charge in [0.05, 0.1) is 23.2 Å². The zero-order valence-corrected chi connectivity index (χ0v) is 14.7. The van der Waals surface area contributed by atoms with Gasteiger partial charge in [-0.1, -0.05) is 0 Å². The SMILES string of the molecule is CN1CCN(c2c(F)c(N)c3c(=O)c(C(=O)O)cn(CCO)c3c2F)CC1. The summed E-state index contributed by atoms with van der Waals surface area (Å²) < 4.78 is 31.4. The molecule has 2 heterocycles. The van der Waals surface area contributed by atoms with E-state index in [0.29, 0.717) is 26.2 Å². The van der Waals surface area contributed by atoms with Crippen molar-refractivity contribution in [1.29, 1.82) is 0 Å². The van der Waals surface area contributed by atoms with E-state index >= 15 is 4.39 Å². The lowest BCUT2D eigenvalue weighted by Gasteiger charge is -2.34. The summed E-state index contributed by atoms with van der Waals surface area (Å²) in [7, 11) is 1.89. The number of aliphatic hydroxyl groups is 1. The summed E-state index contributed by atoms with van der Waals surface area (Å²) in [6, 6.07) is 0. The molecule has 0 aliphatic carbocycles. The number of hydrogen-bond donors (Lipinski definition) is 3. The molecule has 1 aromatic heterocycles. The van der Waals surface area contributed by atoms with E-state index in [0.717, 1.165) is 10.8 Å². The summed E-state index contributed by atoms with van der Waals surface area (Å²) in [4.78, 5) is 27.3. The zero-order chi connectivity index (χ0) is 19.9. The molecule has 4 N–H and O–H groups in total. The number of carboxylic acid groups (broad SMARTS) is 1. The van der Waals surface area contributed by atoms with E-state index in [9.17, 15) is 24.2 Å². The van der Waals surface area contributed by atoms with E-state index in [1.54, 1.807) is 0 Å². The highest BCUT2D eigenvalue weighted by Crippen LogP contribution is 2.35. The van der Waals surface area contributed by atoms with Crippen LogP contribution in [0.15, 0.2) is 11.0 Å². The van der Waals surface area contributed by atoms with Gasteiger partial charge in [-0.15, -0.1) is 0 Å². The Morgan fingerprint density at radius 1 is 1.22 bits per heavy atom. The summed E-state index contributed by atoms with van der Waals surface area (Å²) in [6.45, 7) is 1.31. The second-order valence-corrected chi connectivity index (χ2v) is 6.50. The lowest BCUT2D eigenvalue weighted by Crippen LogP contribution is -2.45. The van der Waals surface area contributed by atoms with E-state index in [4.69, 9.17) is 5.73 Å². The van der Waals surface area contributed by atoms with Crippen LogP contribution in [0.3, 0.4) is 0 Å². The molecule has 0 radical (unpaired) electrons. The first-order chi connectivity index (χ1) is 12.8. The predicted molar refractivity (Wildman–Crippen MR) is 96.3 cm³/mol. The van der Waals surface area contributed by atoms with Crippen LogP contribution in [0.25, 0.3) is 10.9 Å². The second-order valence-electron chi connectivity index (χ2n) is 6.50. The summed E-state index contributed by atoms with van der Waals surface area (Å²) >= 11 is 0. The molecule has 1 aromatic carbocycles. The van der Waals surface area contributed by atoms with Gasteiger partial charge in [-0.3, -0.25) is 4.79 Å². The summed E-state index contributed by atoms with van der Waals surface area (Å²) in [5.74, 6) is -3.62. The minimum atomic E-state index is -1.54. The van der Waals surface area contributed by atoms with E-state index < -0.39 is 46.3 Å². The van der Waals surface area contributed by atoms with Crippen molar-refractivity contribution in [3.63, 3.8) is 0 Å². The van der Waals surface area contributed by atoms with Crippen molar-refractivity contribution in [1.82, 2.24) is 9.47 Å². The number of aromatic carboxylic acids is 1. The molecule has 1 saturated heterocycles. The Morgan fingerprint density at radius 3 is 2.41 bits per heavy atom. The van der Waals surface area contributed by atoms with E-state index in [-0.39, 0.29) is 17.7 Å². The highest BCUT2D eigenvalue weighted by atomic mass is 19.1. The van der Waals surface area contributed by atoms with Gasteiger partial charge in [-0.25, -0.2) is 13.6 Å². The fourth-order valence-corrected chi connectivity index (χ4v) is 3.34. The standard InChI is InChI=1S/C17H20F2N4O4/c1-21-2-4-22(5-3-21)15-11(18)13(20)10-14(12(15)19)23(6-7-24)8-9(16(10)25)17(26)27/h8,24H,2-7,20H2,1H3,(H,26,27). The quantitative estimate of drug-likeness (QED) is 0.652. The molecule has 0 unspecified atom stereocenters. The molecule has 0 saturated carbocycles. The first kappa shape index (κ1) is 19.1. The van der Waals surface area contributed by atoms with Crippen molar-refractivity contribution in [3.05, 3.63) is 33.6 Å². The third-order valence-electron chi connectivity index (χ3n) is 4.80. The van der Waals surface area contributed by atoms with Crippen molar-refractivity contribution < 1.29 is 23.8 Å². The van der Waals surface area contributed by atoms with Gasteiger partial charge in [0.25, 0.3) is 0 Å². The second kappa shape index (κ2) is 7.12. The zero-order valence-electron chi connectivity index (χ0n) is 14.7. The summed E-state index contributed by atoms with van der Waals surface area (Å²) in [5.41, 5.74) is 2.82. The number of nitrogen functional groups attached to an aromatic ring is 1. The first-order valence-electron chi connectivity index (χ1n) is 8.39. The van der Waals surface area contributed by atoms with Crippen LogP contribution in [0.5, 0.6) is 0 Å². The molecule has 27 heavy (non-hydrogen) atoms.